The highest BCUT2D eigenvalue weighted by atomic mass is 32.2. The minimum absolute atomic E-state index is 0.0910. The average Bonchev–Trinajstić information content (AvgIpc) is 2.84. The van der Waals surface area contributed by atoms with Crippen molar-refractivity contribution >= 4 is 22.0 Å². The van der Waals surface area contributed by atoms with Crippen LogP contribution in [0.3, 0.4) is 0 Å². The Hall–Kier alpha value is -1.63. The molecule has 2 aliphatic rings. The summed E-state index contributed by atoms with van der Waals surface area (Å²) in [5.41, 5.74) is 2.42. The number of sulfone groups is 1. The molecule has 0 unspecified atom stereocenters. The summed E-state index contributed by atoms with van der Waals surface area (Å²) in [4.78, 5) is 11.7. The summed E-state index contributed by atoms with van der Waals surface area (Å²) in [5.74, 6) is 2.70. The fourth-order valence-corrected chi connectivity index (χ4v) is 4.73. The molecule has 1 aromatic heterocycles. The van der Waals surface area contributed by atoms with E-state index in [9.17, 15) is 13.2 Å². The van der Waals surface area contributed by atoms with Crippen molar-refractivity contribution in [1.82, 2.24) is 5.43 Å². The Morgan fingerprint density at radius 3 is 2.91 bits per heavy atom. The molecule has 0 aromatic carbocycles. The minimum atomic E-state index is -2.94. The van der Waals surface area contributed by atoms with Gasteiger partial charge in [-0.1, -0.05) is 6.92 Å². The Bertz CT molecular complexity index is 692. The fraction of sp³-hybridized carbons (Fsp3) is 0.600. The number of carbonyl (C=O) groups is 1. The Morgan fingerprint density at radius 2 is 2.27 bits per heavy atom. The molecule has 0 bridgehead atoms. The number of hydrogen-bond donors (Lipinski definition) is 1. The molecule has 0 spiro atoms. The number of furan rings is 1. The van der Waals surface area contributed by atoms with Crippen LogP contribution in [0.1, 0.15) is 43.6 Å². The second kappa shape index (κ2) is 5.87. The van der Waals surface area contributed by atoms with Crippen LogP contribution in [-0.4, -0.2) is 32.0 Å². The first-order valence-corrected chi connectivity index (χ1v) is 9.37. The molecular weight excluding hydrogens is 304 g/mol. The maximum atomic E-state index is 11.7. The highest BCUT2D eigenvalue weighted by molar-refractivity contribution is 7.91. The third-order valence-corrected chi connectivity index (χ3v) is 6.14. The minimum Gasteiger partial charge on any atom is -0.460 e. The van der Waals surface area contributed by atoms with Crippen LogP contribution in [0.5, 0.6) is 0 Å². The molecule has 120 valence electrons. The number of nitrogens with one attached hydrogen (secondary N) is 1. The van der Waals surface area contributed by atoms with E-state index in [0.29, 0.717) is 24.0 Å². The first kappa shape index (κ1) is 15.3. The molecule has 3 atom stereocenters. The number of hydrogen-bond acceptors (Lipinski definition) is 5. The number of hydrazone groups is 1. The van der Waals surface area contributed by atoms with E-state index in [1.165, 1.54) is 6.21 Å². The molecule has 0 radical (unpaired) electrons. The van der Waals surface area contributed by atoms with E-state index >= 15 is 0 Å². The maximum Gasteiger partial charge on any atom is 0.240 e. The van der Waals surface area contributed by atoms with Gasteiger partial charge in [-0.25, -0.2) is 13.8 Å². The van der Waals surface area contributed by atoms with Crippen molar-refractivity contribution in [3.63, 3.8) is 0 Å². The predicted molar refractivity (Wildman–Crippen MR) is 82.3 cm³/mol. The SMILES string of the molecule is C[C@H]1C[C@H]1c1ccc(/C=N\NC(=O)C[C@@H]2CCS(=O)(=O)C2)o1. The van der Waals surface area contributed by atoms with Gasteiger partial charge in [0.2, 0.25) is 5.91 Å². The van der Waals surface area contributed by atoms with Crippen molar-refractivity contribution in [2.24, 2.45) is 16.9 Å². The predicted octanol–water partition coefficient (Wildman–Crippen LogP) is 1.68. The van der Waals surface area contributed by atoms with Crippen LogP contribution in [0.2, 0.25) is 0 Å². The Morgan fingerprint density at radius 1 is 1.50 bits per heavy atom. The van der Waals surface area contributed by atoms with E-state index in [1.54, 1.807) is 0 Å². The van der Waals surface area contributed by atoms with E-state index in [4.69, 9.17) is 4.42 Å². The highest BCUT2D eigenvalue weighted by Crippen LogP contribution is 2.47. The van der Waals surface area contributed by atoms with Gasteiger partial charge in [0.05, 0.1) is 17.7 Å². The molecule has 2 fully saturated rings. The molecule has 2 heterocycles. The van der Waals surface area contributed by atoms with E-state index in [0.717, 1.165) is 12.2 Å². The summed E-state index contributed by atoms with van der Waals surface area (Å²) < 4.78 is 28.3. The maximum absolute atomic E-state index is 11.7. The molecule has 3 rings (SSSR count). The van der Waals surface area contributed by atoms with Gasteiger partial charge in [-0.3, -0.25) is 4.79 Å². The Balaban J connectivity index is 1.45. The molecular formula is C15H20N2O4S. The zero-order valence-corrected chi connectivity index (χ0v) is 13.3. The van der Waals surface area contributed by atoms with Gasteiger partial charge in [-0.2, -0.15) is 5.10 Å². The smallest absolute Gasteiger partial charge is 0.240 e. The molecule has 1 N–H and O–H groups in total. The average molecular weight is 324 g/mol. The third kappa shape index (κ3) is 3.76. The van der Waals surface area contributed by atoms with E-state index in [-0.39, 0.29) is 29.8 Å². The zero-order chi connectivity index (χ0) is 15.7. The van der Waals surface area contributed by atoms with Gasteiger partial charge >= 0.3 is 0 Å². The monoisotopic (exact) mass is 324 g/mol. The summed E-state index contributed by atoms with van der Waals surface area (Å²) in [6.07, 6.45) is 3.38. The van der Waals surface area contributed by atoms with Gasteiger partial charge in [0.15, 0.2) is 9.84 Å². The van der Waals surface area contributed by atoms with Gasteiger partial charge < -0.3 is 4.42 Å². The topological polar surface area (TPSA) is 88.7 Å². The van der Waals surface area contributed by atoms with Crippen molar-refractivity contribution in [1.29, 1.82) is 0 Å². The van der Waals surface area contributed by atoms with Crippen LogP contribution in [0.25, 0.3) is 0 Å². The third-order valence-electron chi connectivity index (χ3n) is 4.30. The zero-order valence-electron chi connectivity index (χ0n) is 12.5. The molecule has 1 saturated carbocycles. The van der Waals surface area contributed by atoms with E-state index in [1.807, 2.05) is 12.1 Å². The lowest BCUT2D eigenvalue weighted by Gasteiger charge is -2.04. The van der Waals surface area contributed by atoms with Crippen molar-refractivity contribution in [2.45, 2.75) is 32.1 Å². The van der Waals surface area contributed by atoms with Crippen LogP contribution in [0.4, 0.5) is 0 Å². The van der Waals surface area contributed by atoms with Crippen LogP contribution in [-0.2, 0) is 14.6 Å². The standard InChI is InChI=1S/C15H20N2O4S/c1-10-6-13(10)14-3-2-12(21-14)8-16-17-15(18)7-11-4-5-22(19,20)9-11/h2-3,8,10-11,13H,4-7,9H2,1H3,(H,17,18)/b16-8-/t10-,11-,13+/m0/s1. The fourth-order valence-electron chi connectivity index (χ4n) is 2.86. The van der Waals surface area contributed by atoms with Gasteiger partial charge in [-0.15, -0.1) is 0 Å². The number of amides is 1. The first-order chi connectivity index (χ1) is 10.4. The first-order valence-electron chi connectivity index (χ1n) is 7.55. The van der Waals surface area contributed by atoms with E-state index in [2.05, 4.69) is 17.5 Å². The van der Waals surface area contributed by atoms with Gasteiger partial charge in [-0.05, 0) is 36.8 Å². The lowest BCUT2D eigenvalue weighted by molar-refractivity contribution is -0.121. The van der Waals surface area contributed by atoms with Crippen LogP contribution in [0, 0.1) is 11.8 Å². The summed E-state index contributed by atoms with van der Waals surface area (Å²) >= 11 is 0. The molecule has 7 heteroatoms. The molecule has 1 aliphatic heterocycles. The summed E-state index contributed by atoms with van der Waals surface area (Å²) in [7, 11) is -2.94. The van der Waals surface area contributed by atoms with Gasteiger partial charge in [0.1, 0.15) is 11.5 Å². The lowest BCUT2D eigenvalue weighted by atomic mass is 10.1. The largest absolute Gasteiger partial charge is 0.460 e. The molecule has 6 nitrogen and oxygen atoms in total. The molecule has 1 aromatic rings. The molecule has 1 aliphatic carbocycles. The van der Waals surface area contributed by atoms with Crippen LogP contribution < -0.4 is 5.43 Å². The number of rotatable bonds is 5. The van der Waals surface area contributed by atoms with Crippen molar-refractivity contribution in [3.05, 3.63) is 23.7 Å². The Kier molecular flexibility index (Phi) is 4.08. The van der Waals surface area contributed by atoms with Crippen molar-refractivity contribution in [2.75, 3.05) is 11.5 Å². The highest BCUT2D eigenvalue weighted by Gasteiger charge is 2.36. The summed E-state index contributed by atoms with van der Waals surface area (Å²) in [5, 5.41) is 3.86. The van der Waals surface area contributed by atoms with Crippen molar-refractivity contribution in [3.8, 4) is 0 Å². The quantitative estimate of drug-likeness (QED) is 0.659. The lowest BCUT2D eigenvalue weighted by Crippen LogP contribution is -2.21. The number of carbonyl (C=O) groups excluding carboxylic acids is 1. The van der Waals surface area contributed by atoms with Gasteiger partial charge in [0.25, 0.3) is 0 Å². The van der Waals surface area contributed by atoms with E-state index < -0.39 is 9.84 Å². The number of nitrogens with zero attached hydrogens (tertiary/aromatic N) is 1. The molecule has 22 heavy (non-hydrogen) atoms. The molecule has 1 amide bonds. The van der Waals surface area contributed by atoms with Crippen LogP contribution in [0.15, 0.2) is 21.7 Å². The summed E-state index contributed by atoms with van der Waals surface area (Å²) in [6.45, 7) is 2.18. The van der Waals surface area contributed by atoms with Crippen molar-refractivity contribution < 1.29 is 17.6 Å². The molecule has 1 saturated heterocycles. The second-order valence-corrected chi connectivity index (χ2v) is 8.55. The summed E-state index contributed by atoms with van der Waals surface area (Å²) in [6, 6.07) is 3.78. The van der Waals surface area contributed by atoms with Gasteiger partial charge in [0, 0.05) is 12.3 Å². The second-order valence-electron chi connectivity index (χ2n) is 6.33. The Labute approximate surface area is 129 Å². The van der Waals surface area contributed by atoms with Crippen LogP contribution >= 0.6 is 0 Å². The normalized spacial score (nSPS) is 29.8.